The Bertz CT molecular complexity index is 192. The number of carbonyl (C=O) groups is 2. The van der Waals surface area contributed by atoms with Gasteiger partial charge in [0.1, 0.15) is 6.04 Å². The van der Waals surface area contributed by atoms with Crippen molar-refractivity contribution in [3.8, 4) is 0 Å². The van der Waals surface area contributed by atoms with Crippen molar-refractivity contribution in [3.63, 3.8) is 0 Å². The van der Waals surface area contributed by atoms with Gasteiger partial charge in [0.25, 0.3) is 0 Å². The number of carbonyl (C=O) groups excluding carboxylic acids is 2. The van der Waals surface area contributed by atoms with Crippen LogP contribution in [0.3, 0.4) is 0 Å². The third-order valence-corrected chi connectivity index (χ3v) is 1.41. The molecule has 0 aliphatic heterocycles. The van der Waals surface area contributed by atoms with Crippen molar-refractivity contribution in [1.29, 1.82) is 0 Å². The standard InChI is InChI=1S/C8H16N2O3/c1-4-13-8(12)6(3)10-7(11)5(2)9/h5-6H,4,9H2,1-3H3,(H,10,11)/t5-,6-/m0/s1. The molecule has 1 amide bonds. The Kier molecular flexibility index (Phi) is 5.06. The van der Waals surface area contributed by atoms with Crippen LogP contribution in [-0.4, -0.2) is 30.6 Å². The van der Waals surface area contributed by atoms with E-state index < -0.39 is 18.1 Å². The summed E-state index contributed by atoms with van der Waals surface area (Å²) in [4.78, 5) is 22.0. The molecule has 0 saturated heterocycles. The normalized spacial score (nSPS) is 14.5. The van der Waals surface area contributed by atoms with E-state index in [1.54, 1.807) is 20.8 Å². The van der Waals surface area contributed by atoms with Crippen molar-refractivity contribution in [3.05, 3.63) is 0 Å². The molecule has 76 valence electrons. The first-order valence-electron chi connectivity index (χ1n) is 4.21. The number of esters is 1. The minimum atomic E-state index is -0.640. The largest absolute Gasteiger partial charge is 0.464 e. The first kappa shape index (κ1) is 11.9. The lowest BCUT2D eigenvalue weighted by Crippen LogP contribution is -2.46. The molecule has 5 nitrogen and oxygen atoms in total. The van der Waals surface area contributed by atoms with Crippen molar-refractivity contribution in [1.82, 2.24) is 5.32 Å². The third kappa shape index (κ3) is 4.47. The molecule has 0 aromatic carbocycles. The van der Waals surface area contributed by atoms with E-state index in [9.17, 15) is 9.59 Å². The van der Waals surface area contributed by atoms with E-state index in [2.05, 4.69) is 10.1 Å². The quantitative estimate of drug-likeness (QED) is 0.577. The SMILES string of the molecule is CCOC(=O)[C@H](C)NC(=O)[C@H](C)N. The maximum absolute atomic E-state index is 11.0. The van der Waals surface area contributed by atoms with Gasteiger partial charge in [-0.15, -0.1) is 0 Å². The molecular weight excluding hydrogens is 172 g/mol. The summed E-state index contributed by atoms with van der Waals surface area (Å²) in [5.74, 6) is -0.808. The summed E-state index contributed by atoms with van der Waals surface area (Å²) >= 11 is 0. The maximum atomic E-state index is 11.0. The van der Waals surface area contributed by atoms with Gasteiger partial charge in [-0.05, 0) is 20.8 Å². The van der Waals surface area contributed by atoms with Gasteiger partial charge < -0.3 is 15.8 Å². The number of hydrogen-bond acceptors (Lipinski definition) is 4. The van der Waals surface area contributed by atoms with E-state index in [0.29, 0.717) is 6.61 Å². The van der Waals surface area contributed by atoms with Crippen molar-refractivity contribution in [2.24, 2.45) is 5.73 Å². The van der Waals surface area contributed by atoms with Gasteiger partial charge in [0.05, 0.1) is 12.6 Å². The van der Waals surface area contributed by atoms with Crippen LogP contribution in [0.25, 0.3) is 0 Å². The Hall–Kier alpha value is -1.10. The summed E-state index contributed by atoms with van der Waals surface area (Å²) in [6.45, 7) is 5.11. The fraction of sp³-hybridized carbons (Fsp3) is 0.750. The average Bonchev–Trinajstić information content (AvgIpc) is 2.04. The minimum absolute atomic E-state index is 0.303. The van der Waals surface area contributed by atoms with E-state index in [-0.39, 0.29) is 5.91 Å². The zero-order valence-electron chi connectivity index (χ0n) is 8.16. The highest BCUT2D eigenvalue weighted by molar-refractivity contribution is 5.86. The molecule has 0 aromatic rings. The van der Waals surface area contributed by atoms with E-state index in [1.807, 2.05) is 0 Å². The topological polar surface area (TPSA) is 81.4 Å². The summed E-state index contributed by atoms with van der Waals surface area (Å²) in [7, 11) is 0. The highest BCUT2D eigenvalue weighted by atomic mass is 16.5. The molecule has 0 aliphatic carbocycles. The first-order valence-corrected chi connectivity index (χ1v) is 4.21. The molecule has 0 radical (unpaired) electrons. The van der Waals surface area contributed by atoms with Gasteiger partial charge in [0.15, 0.2) is 0 Å². The molecule has 2 atom stereocenters. The first-order chi connectivity index (χ1) is 5.99. The lowest BCUT2D eigenvalue weighted by molar-refractivity contribution is -0.146. The van der Waals surface area contributed by atoms with Gasteiger partial charge >= 0.3 is 5.97 Å². The Morgan fingerprint density at radius 1 is 1.46 bits per heavy atom. The number of rotatable bonds is 4. The number of hydrogen-bond donors (Lipinski definition) is 2. The third-order valence-electron chi connectivity index (χ3n) is 1.41. The van der Waals surface area contributed by atoms with Crippen LogP contribution in [0.1, 0.15) is 20.8 Å². The van der Waals surface area contributed by atoms with E-state index in [4.69, 9.17) is 5.73 Å². The summed E-state index contributed by atoms with van der Waals surface area (Å²) in [6.07, 6.45) is 0. The molecule has 0 unspecified atom stereocenters. The maximum Gasteiger partial charge on any atom is 0.328 e. The van der Waals surface area contributed by atoms with Crippen LogP contribution < -0.4 is 11.1 Å². The number of ether oxygens (including phenoxy) is 1. The second-order valence-corrected chi connectivity index (χ2v) is 2.77. The molecule has 3 N–H and O–H groups in total. The molecule has 0 rings (SSSR count). The van der Waals surface area contributed by atoms with Crippen molar-refractivity contribution in [2.75, 3.05) is 6.61 Å². The van der Waals surface area contributed by atoms with E-state index in [1.165, 1.54) is 0 Å². The Balaban J connectivity index is 3.92. The van der Waals surface area contributed by atoms with Crippen molar-refractivity contribution >= 4 is 11.9 Å². The van der Waals surface area contributed by atoms with E-state index >= 15 is 0 Å². The molecule has 0 saturated carbocycles. The number of nitrogens with one attached hydrogen (secondary N) is 1. The molecule has 0 spiro atoms. The van der Waals surface area contributed by atoms with Crippen LogP contribution in [0.15, 0.2) is 0 Å². The van der Waals surface area contributed by atoms with Crippen LogP contribution in [0, 0.1) is 0 Å². The minimum Gasteiger partial charge on any atom is -0.464 e. The second-order valence-electron chi connectivity index (χ2n) is 2.77. The van der Waals surface area contributed by atoms with Crippen LogP contribution in [0.2, 0.25) is 0 Å². The molecular formula is C8H16N2O3. The molecule has 5 heteroatoms. The highest BCUT2D eigenvalue weighted by Gasteiger charge is 2.17. The molecule has 0 bridgehead atoms. The zero-order chi connectivity index (χ0) is 10.4. The number of amides is 1. The molecule has 0 aromatic heterocycles. The molecule has 0 aliphatic rings. The Labute approximate surface area is 77.6 Å². The average molecular weight is 188 g/mol. The predicted octanol–water partition coefficient (Wildman–Crippen LogP) is -0.599. The molecule has 13 heavy (non-hydrogen) atoms. The van der Waals surface area contributed by atoms with Crippen LogP contribution >= 0.6 is 0 Å². The fourth-order valence-corrected chi connectivity index (χ4v) is 0.671. The Morgan fingerprint density at radius 3 is 2.38 bits per heavy atom. The van der Waals surface area contributed by atoms with Gasteiger partial charge in [-0.25, -0.2) is 4.79 Å². The van der Waals surface area contributed by atoms with Gasteiger partial charge in [-0.2, -0.15) is 0 Å². The van der Waals surface area contributed by atoms with Gasteiger partial charge in [-0.3, -0.25) is 4.79 Å². The van der Waals surface area contributed by atoms with Crippen LogP contribution in [0.4, 0.5) is 0 Å². The highest BCUT2D eigenvalue weighted by Crippen LogP contribution is 1.88. The lowest BCUT2D eigenvalue weighted by atomic mass is 10.3. The van der Waals surface area contributed by atoms with Gasteiger partial charge in [0, 0.05) is 0 Å². The summed E-state index contributed by atoms with van der Waals surface area (Å²) in [6, 6.07) is -1.25. The fourth-order valence-electron chi connectivity index (χ4n) is 0.671. The second kappa shape index (κ2) is 5.53. The van der Waals surface area contributed by atoms with Gasteiger partial charge in [0.2, 0.25) is 5.91 Å². The zero-order valence-corrected chi connectivity index (χ0v) is 8.16. The summed E-state index contributed by atoms with van der Waals surface area (Å²) in [5.41, 5.74) is 5.29. The lowest BCUT2D eigenvalue weighted by Gasteiger charge is -2.13. The van der Waals surface area contributed by atoms with Gasteiger partial charge in [-0.1, -0.05) is 0 Å². The molecule has 0 fully saturated rings. The van der Waals surface area contributed by atoms with Crippen molar-refractivity contribution in [2.45, 2.75) is 32.9 Å². The predicted molar refractivity (Wildman–Crippen MR) is 47.9 cm³/mol. The van der Waals surface area contributed by atoms with Crippen molar-refractivity contribution < 1.29 is 14.3 Å². The summed E-state index contributed by atoms with van der Waals surface area (Å²) in [5, 5.41) is 2.43. The Morgan fingerprint density at radius 2 is 2.00 bits per heavy atom. The molecule has 0 heterocycles. The van der Waals surface area contributed by atoms with Crippen LogP contribution in [-0.2, 0) is 14.3 Å². The van der Waals surface area contributed by atoms with E-state index in [0.717, 1.165) is 0 Å². The number of nitrogens with two attached hydrogens (primary N) is 1. The smallest absolute Gasteiger partial charge is 0.328 e. The van der Waals surface area contributed by atoms with Crippen LogP contribution in [0.5, 0.6) is 0 Å². The summed E-state index contributed by atoms with van der Waals surface area (Å²) < 4.78 is 4.69. The monoisotopic (exact) mass is 188 g/mol.